The average Bonchev–Trinajstić information content (AvgIpc) is 2.96. The first-order chi connectivity index (χ1) is 14.2. The zero-order valence-corrected chi connectivity index (χ0v) is 18.5. The Bertz CT molecular complexity index is 1120. The van der Waals surface area contributed by atoms with Crippen molar-refractivity contribution in [1.29, 1.82) is 0 Å². The van der Waals surface area contributed by atoms with Gasteiger partial charge in [-0.05, 0) is 54.4 Å². The lowest BCUT2D eigenvalue weighted by Crippen LogP contribution is -2.40. The van der Waals surface area contributed by atoms with Gasteiger partial charge in [0.05, 0.1) is 12.2 Å². The molecule has 0 aliphatic rings. The number of aromatic nitrogens is 1. The number of nitrogens with zero attached hydrogens (tertiary/aromatic N) is 2. The Labute approximate surface area is 184 Å². The Hall–Kier alpha value is -2.78. The van der Waals surface area contributed by atoms with E-state index >= 15 is 0 Å². The number of carbonyl (C=O) groups is 2. The lowest BCUT2D eigenvalue weighted by atomic mass is 10.1. The van der Waals surface area contributed by atoms with E-state index in [2.05, 4.69) is 15.9 Å². The van der Waals surface area contributed by atoms with Crippen molar-refractivity contribution in [3.8, 4) is 11.3 Å². The Kier molecular flexibility index (Phi) is 6.84. The van der Waals surface area contributed by atoms with Crippen molar-refractivity contribution in [2.75, 3.05) is 6.54 Å². The Morgan fingerprint density at radius 3 is 2.37 bits per heavy atom. The number of amides is 2. The van der Waals surface area contributed by atoms with Crippen LogP contribution in [0.3, 0.4) is 0 Å². The number of hydrogen-bond donors (Lipinski definition) is 1. The molecule has 0 bridgehead atoms. The van der Waals surface area contributed by atoms with Gasteiger partial charge in [-0.15, -0.1) is 0 Å². The number of benzene rings is 2. The number of carbonyl (C=O) groups excluding carboxylic acids is 2. The van der Waals surface area contributed by atoms with E-state index in [4.69, 9.17) is 5.73 Å². The highest BCUT2D eigenvalue weighted by molar-refractivity contribution is 9.10. The summed E-state index contributed by atoms with van der Waals surface area (Å²) >= 11 is 4.37. The second kappa shape index (κ2) is 9.36. The summed E-state index contributed by atoms with van der Waals surface area (Å²) in [5.41, 5.74) is 7.34. The SMILES string of the molecule is Cc1sc(=O)n(CC(=O)N(CC(N)=O)Cc2ccc(Br)cc2)c1-c1ccc(F)cc1. The average molecular weight is 492 g/mol. The van der Waals surface area contributed by atoms with Gasteiger partial charge in [0, 0.05) is 15.9 Å². The molecule has 2 aromatic carbocycles. The summed E-state index contributed by atoms with van der Waals surface area (Å²) in [7, 11) is 0. The van der Waals surface area contributed by atoms with Crippen LogP contribution in [0.2, 0.25) is 0 Å². The van der Waals surface area contributed by atoms with Crippen molar-refractivity contribution < 1.29 is 14.0 Å². The standard InChI is InChI=1S/C21H19BrFN3O3S/c1-13-20(15-4-8-17(23)9-5-15)26(21(29)30-13)12-19(28)25(11-18(24)27)10-14-2-6-16(22)7-3-14/h2-9H,10-12H2,1H3,(H2,24,27). The summed E-state index contributed by atoms with van der Waals surface area (Å²) in [5.74, 6) is -1.45. The molecule has 0 fully saturated rings. The van der Waals surface area contributed by atoms with E-state index in [1.807, 2.05) is 24.3 Å². The molecule has 2 amide bonds. The first-order valence-corrected chi connectivity index (χ1v) is 10.6. The molecule has 0 atom stereocenters. The van der Waals surface area contributed by atoms with Crippen molar-refractivity contribution >= 4 is 39.1 Å². The van der Waals surface area contributed by atoms with E-state index in [0.29, 0.717) is 16.1 Å². The highest BCUT2D eigenvalue weighted by atomic mass is 79.9. The first-order valence-electron chi connectivity index (χ1n) is 9.01. The molecule has 3 rings (SSSR count). The van der Waals surface area contributed by atoms with Crippen LogP contribution in [0.5, 0.6) is 0 Å². The molecule has 156 valence electrons. The van der Waals surface area contributed by atoms with Crippen LogP contribution in [0, 0.1) is 12.7 Å². The smallest absolute Gasteiger partial charge is 0.308 e. The largest absolute Gasteiger partial charge is 0.368 e. The van der Waals surface area contributed by atoms with Gasteiger partial charge in [-0.25, -0.2) is 4.39 Å². The van der Waals surface area contributed by atoms with Gasteiger partial charge in [-0.3, -0.25) is 19.0 Å². The zero-order valence-electron chi connectivity index (χ0n) is 16.1. The number of halogens is 2. The maximum absolute atomic E-state index is 13.3. The van der Waals surface area contributed by atoms with Crippen LogP contribution in [0.25, 0.3) is 11.3 Å². The summed E-state index contributed by atoms with van der Waals surface area (Å²) in [4.78, 5) is 38.8. The number of aryl methyl sites for hydroxylation is 1. The Balaban J connectivity index is 1.90. The van der Waals surface area contributed by atoms with Crippen molar-refractivity contribution in [3.05, 3.63) is 78.9 Å². The molecular formula is C21H19BrFN3O3S. The number of primary amides is 1. The van der Waals surface area contributed by atoms with Gasteiger partial charge in [-0.1, -0.05) is 39.4 Å². The summed E-state index contributed by atoms with van der Waals surface area (Å²) in [6.45, 7) is 1.44. The zero-order chi connectivity index (χ0) is 21.8. The van der Waals surface area contributed by atoms with E-state index in [1.165, 1.54) is 21.6 Å². The van der Waals surface area contributed by atoms with Crippen LogP contribution in [0.4, 0.5) is 4.39 Å². The molecule has 9 heteroatoms. The number of hydrogen-bond acceptors (Lipinski definition) is 4. The minimum Gasteiger partial charge on any atom is -0.368 e. The van der Waals surface area contributed by atoms with Crippen molar-refractivity contribution in [2.24, 2.45) is 5.73 Å². The van der Waals surface area contributed by atoms with E-state index in [-0.39, 0.29) is 24.5 Å². The quantitative estimate of drug-likeness (QED) is 0.550. The van der Waals surface area contributed by atoms with E-state index in [1.54, 1.807) is 19.1 Å². The van der Waals surface area contributed by atoms with E-state index in [9.17, 15) is 18.8 Å². The molecule has 0 unspecified atom stereocenters. The monoisotopic (exact) mass is 491 g/mol. The minimum absolute atomic E-state index is 0.179. The second-order valence-corrected chi connectivity index (χ2v) is 8.79. The van der Waals surface area contributed by atoms with Crippen LogP contribution < -0.4 is 10.6 Å². The molecule has 3 aromatic rings. The molecule has 1 aromatic heterocycles. The Morgan fingerprint density at radius 1 is 1.13 bits per heavy atom. The van der Waals surface area contributed by atoms with Crippen LogP contribution in [0.1, 0.15) is 10.4 Å². The summed E-state index contributed by atoms with van der Waals surface area (Å²) in [5, 5.41) is 0. The third kappa shape index (κ3) is 5.22. The van der Waals surface area contributed by atoms with E-state index < -0.39 is 17.6 Å². The third-order valence-corrected chi connectivity index (χ3v) is 5.88. The van der Waals surface area contributed by atoms with Gasteiger partial charge in [-0.2, -0.15) is 0 Å². The number of nitrogens with two attached hydrogens (primary N) is 1. The summed E-state index contributed by atoms with van der Waals surface area (Å²) < 4.78 is 15.5. The van der Waals surface area contributed by atoms with Crippen molar-refractivity contribution in [3.63, 3.8) is 0 Å². The normalized spacial score (nSPS) is 10.8. The molecule has 0 saturated carbocycles. The highest BCUT2D eigenvalue weighted by Gasteiger charge is 2.21. The fourth-order valence-electron chi connectivity index (χ4n) is 3.09. The number of thiazole rings is 1. The Morgan fingerprint density at radius 2 is 1.77 bits per heavy atom. The summed E-state index contributed by atoms with van der Waals surface area (Å²) in [6.07, 6.45) is 0. The molecule has 1 heterocycles. The minimum atomic E-state index is -0.645. The highest BCUT2D eigenvalue weighted by Crippen LogP contribution is 2.25. The predicted octanol–water partition coefficient (Wildman–Crippen LogP) is 3.30. The molecule has 0 aliphatic heterocycles. The summed E-state index contributed by atoms with van der Waals surface area (Å²) in [6, 6.07) is 13.1. The molecule has 0 saturated heterocycles. The molecule has 0 aliphatic carbocycles. The van der Waals surface area contributed by atoms with Crippen molar-refractivity contribution in [2.45, 2.75) is 20.0 Å². The molecule has 30 heavy (non-hydrogen) atoms. The van der Waals surface area contributed by atoms with Crippen molar-refractivity contribution in [1.82, 2.24) is 9.47 Å². The molecule has 6 nitrogen and oxygen atoms in total. The van der Waals surface area contributed by atoms with Gasteiger partial charge >= 0.3 is 4.87 Å². The van der Waals surface area contributed by atoms with E-state index in [0.717, 1.165) is 21.4 Å². The maximum atomic E-state index is 13.3. The number of rotatable bonds is 7. The van der Waals surface area contributed by atoms with Gasteiger partial charge in [0.1, 0.15) is 12.4 Å². The lowest BCUT2D eigenvalue weighted by molar-refractivity contribution is -0.136. The van der Waals surface area contributed by atoms with Gasteiger partial charge in [0.2, 0.25) is 11.8 Å². The van der Waals surface area contributed by atoms with Crippen LogP contribution in [-0.4, -0.2) is 27.8 Å². The van der Waals surface area contributed by atoms with Gasteiger partial charge in [0.25, 0.3) is 0 Å². The predicted molar refractivity (Wildman–Crippen MR) is 117 cm³/mol. The third-order valence-electron chi connectivity index (χ3n) is 4.46. The fraction of sp³-hybridized carbons (Fsp3) is 0.190. The second-order valence-electron chi connectivity index (χ2n) is 6.71. The van der Waals surface area contributed by atoms with Gasteiger partial charge < -0.3 is 10.6 Å². The van der Waals surface area contributed by atoms with Crippen LogP contribution in [-0.2, 0) is 22.7 Å². The van der Waals surface area contributed by atoms with Gasteiger partial charge in [0.15, 0.2) is 0 Å². The first kappa shape index (κ1) is 21.9. The maximum Gasteiger partial charge on any atom is 0.308 e. The molecule has 0 spiro atoms. The molecule has 2 N–H and O–H groups in total. The van der Waals surface area contributed by atoms with Crippen LogP contribution in [0.15, 0.2) is 57.8 Å². The lowest BCUT2D eigenvalue weighted by Gasteiger charge is -2.22. The topological polar surface area (TPSA) is 85.4 Å². The molecular weight excluding hydrogens is 473 g/mol. The fourth-order valence-corrected chi connectivity index (χ4v) is 4.21. The van der Waals surface area contributed by atoms with Crippen LogP contribution >= 0.6 is 27.3 Å². The molecule has 0 radical (unpaired) electrons.